The van der Waals surface area contributed by atoms with Gasteiger partial charge in [-0.15, -0.1) is 0 Å². The Kier molecular flexibility index (Phi) is 5.05. The second-order valence-electron chi connectivity index (χ2n) is 5.17. The number of carbonyl (C=O) groups excluding carboxylic acids is 1. The minimum atomic E-state index is -0.934. The van der Waals surface area contributed by atoms with Crippen LogP contribution in [0.3, 0.4) is 0 Å². The molecule has 1 amide bonds. The Morgan fingerprint density at radius 1 is 1.43 bits per heavy atom. The molecule has 4 nitrogen and oxygen atoms in total. The number of hydrogen-bond acceptors (Lipinski definition) is 3. The van der Waals surface area contributed by atoms with Crippen LogP contribution in [-0.2, 0) is 15.6 Å². The van der Waals surface area contributed by atoms with E-state index in [1.165, 1.54) is 6.07 Å². The van der Waals surface area contributed by atoms with Crippen molar-refractivity contribution < 1.29 is 17.8 Å². The van der Waals surface area contributed by atoms with Crippen molar-refractivity contribution in [2.75, 3.05) is 18.6 Å². The van der Waals surface area contributed by atoms with Crippen LogP contribution in [-0.4, -0.2) is 39.6 Å². The molecule has 3 unspecified atom stereocenters. The SMILES string of the molecule is CC(CCS(C)=O)N1C(=O)CNC1c1ccc(F)c(F)c1. The van der Waals surface area contributed by atoms with E-state index in [9.17, 15) is 17.8 Å². The quantitative estimate of drug-likeness (QED) is 0.897. The van der Waals surface area contributed by atoms with E-state index < -0.39 is 28.6 Å². The molecule has 21 heavy (non-hydrogen) atoms. The van der Waals surface area contributed by atoms with Crippen LogP contribution < -0.4 is 5.32 Å². The summed E-state index contributed by atoms with van der Waals surface area (Å²) in [5, 5.41) is 3.00. The molecular formula is C14H18F2N2O2S. The lowest BCUT2D eigenvalue weighted by Crippen LogP contribution is -2.38. The van der Waals surface area contributed by atoms with Crippen LogP contribution in [0.15, 0.2) is 18.2 Å². The van der Waals surface area contributed by atoms with Crippen molar-refractivity contribution in [2.24, 2.45) is 0 Å². The van der Waals surface area contributed by atoms with Crippen LogP contribution in [0.25, 0.3) is 0 Å². The van der Waals surface area contributed by atoms with Crippen molar-refractivity contribution in [3.63, 3.8) is 0 Å². The summed E-state index contributed by atoms with van der Waals surface area (Å²) in [6.45, 7) is 2.02. The average molecular weight is 316 g/mol. The zero-order chi connectivity index (χ0) is 15.6. The number of nitrogens with zero attached hydrogens (tertiary/aromatic N) is 1. The molecule has 0 spiro atoms. The fraction of sp³-hybridized carbons (Fsp3) is 0.500. The van der Waals surface area contributed by atoms with Crippen LogP contribution in [0.2, 0.25) is 0 Å². The van der Waals surface area contributed by atoms with Crippen molar-refractivity contribution >= 4 is 16.7 Å². The summed E-state index contributed by atoms with van der Waals surface area (Å²) in [6, 6.07) is 3.49. The number of nitrogens with one attached hydrogen (secondary N) is 1. The smallest absolute Gasteiger partial charge is 0.238 e. The van der Waals surface area contributed by atoms with E-state index in [1.54, 1.807) is 11.2 Å². The Morgan fingerprint density at radius 2 is 2.14 bits per heavy atom. The number of carbonyl (C=O) groups is 1. The van der Waals surface area contributed by atoms with Gasteiger partial charge in [-0.25, -0.2) is 8.78 Å². The molecule has 0 aromatic heterocycles. The molecule has 0 aliphatic carbocycles. The first-order valence-electron chi connectivity index (χ1n) is 6.69. The molecule has 7 heteroatoms. The van der Waals surface area contributed by atoms with Crippen molar-refractivity contribution in [3.05, 3.63) is 35.4 Å². The molecule has 1 aromatic rings. The van der Waals surface area contributed by atoms with E-state index in [-0.39, 0.29) is 18.5 Å². The van der Waals surface area contributed by atoms with Gasteiger partial charge in [0.05, 0.1) is 6.54 Å². The highest BCUT2D eigenvalue weighted by atomic mass is 32.2. The highest BCUT2D eigenvalue weighted by molar-refractivity contribution is 7.84. The third-order valence-corrected chi connectivity index (χ3v) is 4.38. The Hall–Kier alpha value is -1.34. The fourth-order valence-corrected chi connectivity index (χ4v) is 3.13. The molecule has 1 N–H and O–H groups in total. The molecule has 116 valence electrons. The van der Waals surface area contributed by atoms with Gasteiger partial charge in [-0.3, -0.25) is 14.3 Å². The predicted molar refractivity (Wildman–Crippen MR) is 77.0 cm³/mol. The van der Waals surface area contributed by atoms with Gasteiger partial charge < -0.3 is 4.90 Å². The van der Waals surface area contributed by atoms with Crippen LogP contribution in [0.1, 0.15) is 25.1 Å². The highest BCUT2D eigenvalue weighted by Gasteiger charge is 2.35. The number of benzene rings is 1. The Balaban J connectivity index is 2.19. The maximum Gasteiger partial charge on any atom is 0.238 e. The molecule has 1 heterocycles. The Morgan fingerprint density at radius 3 is 2.76 bits per heavy atom. The summed E-state index contributed by atoms with van der Waals surface area (Å²) in [6.07, 6.45) is 1.73. The normalized spacial score (nSPS) is 21.6. The summed E-state index contributed by atoms with van der Waals surface area (Å²) in [5.41, 5.74) is 0.504. The molecule has 2 rings (SSSR count). The van der Waals surface area contributed by atoms with E-state index >= 15 is 0 Å². The second kappa shape index (κ2) is 6.62. The van der Waals surface area contributed by atoms with Crippen molar-refractivity contribution in [1.29, 1.82) is 0 Å². The van der Waals surface area contributed by atoms with Crippen LogP contribution in [0.4, 0.5) is 8.78 Å². The molecule has 0 saturated carbocycles. The number of amides is 1. The molecule has 1 aliphatic rings. The van der Waals surface area contributed by atoms with Crippen molar-refractivity contribution in [1.82, 2.24) is 10.2 Å². The lowest BCUT2D eigenvalue weighted by atomic mass is 10.1. The molecule has 1 fully saturated rings. The summed E-state index contributed by atoms with van der Waals surface area (Å²) < 4.78 is 37.6. The standard InChI is InChI=1S/C14H18F2N2O2S/c1-9(5-6-21(2)20)18-13(19)8-17-14(18)10-3-4-11(15)12(16)7-10/h3-4,7,9,14,17H,5-6,8H2,1-2H3. The van der Waals surface area contributed by atoms with E-state index in [0.29, 0.717) is 17.7 Å². The predicted octanol–water partition coefficient (Wildman–Crippen LogP) is 1.55. The minimum absolute atomic E-state index is 0.0980. The molecule has 0 bridgehead atoms. The van der Waals surface area contributed by atoms with Crippen molar-refractivity contribution in [3.8, 4) is 0 Å². The van der Waals surface area contributed by atoms with Crippen LogP contribution in [0.5, 0.6) is 0 Å². The van der Waals surface area contributed by atoms with Crippen LogP contribution >= 0.6 is 0 Å². The molecule has 1 saturated heterocycles. The summed E-state index contributed by atoms with van der Waals surface area (Å²) >= 11 is 0. The topological polar surface area (TPSA) is 49.4 Å². The van der Waals surface area contributed by atoms with Gasteiger partial charge in [0, 0.05) is 28.9 Å². The molecule has 3 atom stereocenters. The van der Waals surface area contributed by atoms with Gasteiger partial charge in [0.15, 0.2) is 11.6 Å². The van der Waals surface area contributed by atoms with Gasteiger partial charge in [-0.05, 0) is 31.0 Å². The molecule has 1 aromatic carbocycles. The van der Waals surface area contributed by atoms with Gasteiger partial charge in [0.2, 0.25) is 5.91 Å². The lowest BCUT2D eigenvalue weighted by Gasteiger charge is -2.30. The van der Waals surface area contributed by atoms with Crippen molar-refractivity contribution in [2.45, 2.75) is 25.6 Å². The summed E-state index contributed by atoms with van der Waals surface area (Å²) in [4.78, 5) is 13.6. The molecule has 0 radical (unpaired) electrons. The maximum atomic E-state index is 13.4. The zero-order valence-corrected chi connectivity index (χ0v) is 12.8. The third-order valence-electron chi connectivity index (χ3n) is 3.57. The fourth-order valence-electron chi connectivity index (χ4n) is 2.45. The first kappa shape index (κ1) is 16.0. The van der Waals surface area contributed by atoms with Gasteiger partial charge in [-0.2, -0.15) is 0 Å². The van der Waals surface area contributed by atoms with E-state index in [4.69, 9.17) is 0 Å². The molecular weight excluding hydrogens is 298 g/mol. The van der Waals surface area contributed by atoms with E-state index in [2.05, 4.69) is 5.32 Å². The first-order chi connectivity index (χ1) is 9.90. The second-order valence-corrected chi connectivity index (χ2v) is 6.73. The van der Waals surface area contributed by atoms with E-state index in [0.717, 1.165) is 12.1 Å². The zero-order valence-electron chi connectivity index (χ0n) is 11.9. The van der Waals surface area contributed by atoms with Gasteiger partial charge in [-0.1, -0.05) is 6.07 Å². The average Bonchev–Trinajstić information content (AvgIpc) is 2.81. The lowest BCUT2D eigenvalue weighted by molar-refractivity contribution is -0.130. The molecule has 1 aliphatic heterocycles. The largest absolute Gasteiger partial charge is 0.319 e. The minimum Gasteiger partial charge on any atom is -0.319 e. The van der Waals surface area contributed by atoms with E-state index in [1.807, 2.05) is 6.92 Å². The highest BCUT2D eigenvalue weighted by Crippen LogP contribution is 2.27. The summed E-state index contributed by atoms with van der Waals surface area (Å²) in [7, 11) is -0.928. The first-order valence-corrected chi connectivity index (χ1v) is 8.42. The van der Waals surface area contributed by atoms with Gasteiger partial charge >= 0.3 is 0 Å². The summed E-state index contributed by atoms with van der Waals surface area (Å²) in [5.74, 6) is -1.45. The maximum absolute atomic E-state index is 13.4. The number of halogens is 2. The number of rotatable bonds is 5. The van der Waals surface area contributed by atoms with Crippen LogP contribution in [0, 0.1) is 11.6 Å². The van der Waals surface area contributed by atoms with Gasteiger partial charge in [0.25, 0.3) is 0 Å². The number of hydrogen-bond donors (Lipinski definition) is 1. The third kappa shape index (κ3) is 3.65. The van der Waals surface area contributed by atoms with Gasteiger partial charge in [0.1, 0.15) is 6.17 Å². The monoisotopic (exact) mass is 316 g/mol. The Bertz CT molecular complexity index is 568. The Labute approximate surface area is 125 Å².